The average Bonchev–Trinajstić information content (AvgIpc) is 2.01. The Labute approximate surface area is 67.6 Å². The highest BCUT2D eigenvalue weighted by Crippen LogP contribution is 1.89. The van der Waals surface area contributed by atoms with E-state index in [4.69, 9.17) is 0 Å². The molecule has 0 aliphatic rings. The van der Waals surface area contributed by atoms with Crippen LogP contribution in [0, 0.1) is 6.61 Å². The first-order chi connectivity index (χ1) is 5.31. The van der Waals surface area contributed by atoms with E-state index in [1.165, 1.54) is 12.7 Å². The van der Waals surface area contributed by atoms with Crippen LogP contribution >= 0.6 is 0 Å². The molecule has 0 bridgehead atoms. The van der Waals surface area contributed by atoms with Gasteiger partial charge in [-0.1, -0.05) is 25.2 Å². The van der Waals surface area contributed by atoms with Crippen LogP contribution in [0.15, 0.2) is 24.3 Å². The molecule has 0 fully saturated rings. The Hall–Kier alpha value is -1.05. The number of rotatable bonds is 4. The predicted octanol–water partition coefficient (Wildman–Crippen LogP) is 2.23. The van der Waals surface area contributed by atoms with Gasteiger partial charge in [-0.25, -0.2) is 4.79 Å². The minimum atomic E-state index is -0.329. The van der Waals surface area contributed by atoms with E-state index in [1.54, 1.807) is 12.2 Å². The van der Waals surface area contributed by atoms with Gasteiger partial charge in [0.1, 0.15) is 6.61 Å². The molecule has 0 rings (SSSR count). The predicted molar refractivity (Wildman–Crippen MR) is 44.6 cm³/mol. The number of ether oxygens (including phenoxy) is 1. The van der Waals surface area contributed by atoms with E-state index in [9.17, 15) is 4.79 Å². The van der Waals surface area contributed by atoms with Gasteiger partial charge in [0, 0.05) is 6.08 Å². The first kappa shape index (κ1) is 9.95. The maximum atomic E-state index is 10.7. The van der Waals surface area contributed by atoms with Crippen molar-refractivity contribution in [3.05, 3.63) is 30.9 Å². The Bertz CT molecular complexity index is 157. The second-order valence-electron chi connectivity index (χ2n) is 1.90. The molecule has 0 aliphatic carbocycles. The van der Waals surface area contributed by atoms with Crippen molar-refractivity contribution in [1.82, 2.24) is 0 Å². The van der Waals surface area contributed by atoms with Crippen molar-refractivity contribution in [3.8, 4) is 0 Å². The van der Waals surface area contributed by atoms with Crippen molar-refractivity contribution in [1.29, 1.82) is 0 Å². The lowest BCUT2D eigenvalue weighted by Crippen LogP contribution is -1.96. The molecular weight excluding hydrogens is 140 g/mol. The standard InChI is InChI=1S/C9H13O2/c1-3-5-6-7-9(10)11-8-4-2/h3,5-8H,4H2,1-2H3/b5-3+,7-6+. The summed E-state index contributed by atoms with van der Waals surface area (Å²) in [5.41, 5.74) is 0. The highest BCUT2D eigenvalue weighted by atomic mass is 16.5. The molecule has 0 aromatic carbocycles. The van der Waals surface area contributed by atoms with Crippen LogP contribution in [0.5, 0.6) is 0 Å². The molecule has 0 aromatic rings. The molecule has 61 valence electrons. The van der Waals surface area contributed by atoms with Crippen LogP contribution in [0.2, 0.25) is 0 Å². The number of carbonyl (C=O) groups excluding carboxylic acids is 1. The summed E-state index contributed by atoms with van der Waals surface area (Å²) >= 11 is 0. The smallest absolute Gasteiger partial charge is 0.331 e. The number of carbonyl (C=O) groups is 1. The van der Waals surface area contributed by atoms with Gasteiger partial charge in [0.15, 0.2) is 0 Å². The highest BCUT2D eigenvalue weighted by molar-refractivity contribution is 5.82. The van der Waals surface area contributed by atoms with Gasteiger partial charge in [-0.2, -0.15) is 0 Å². The largest absolute Gasteiger partial charge is 0.455 e. The summed E-state index contributed by atoms with van der Waals surface area (Å²) in [6.45, 7) is 5.26. The summed E-state index contributed by atoms with van der Waals surface area (Å²) in [4.78, 5) is 10.7. The van der Waals surface area contributed by atoms with E-state index < -0.39 is 0 Å². The zero-order valence-corrected chi connectivity index (χ0v) is 6.91. The first-order valence-corrected chi connectivity index (χ1v) is 3.63. The molecule has 2 heteroatoms. The molecule has 0 aliphatic heterocycles. The van der Waals surface area contributed by atoms with Gasteiger partial charge in [-0.05, 0) is 13.3 Å². The van der Waals surface area contributed by atoms with E-state index in [2.05, 4.69) is 4.74 Å². The van der Waals surface area contributed by atoms with Crippen molar-refractivity contribution in [2.24, 2.45) is 0 Å². The number of esters is 1. The van der Waals surface area contributed by atoms with Crippen LogP contribution < -0.4 is 0 Å². The SMILES string of the molecule is C/C=C/C=C/C(=O)O[CH]CC. The first-order valence-electron chi connectivity index (χ1n) is 3.63. The second-order valence-corrected chi connectivity index (χ2v) is 1.90. The second kappa shape index (κ2) is 7.06. The van der Waals surface area contributed by atoms with E-state index in [-0.39, 0.29) is 5.97 Å². The third kappa shape index (κ3) is 6.84. The van der Waals surface area contributed by atoms with E-state index in [1.807, 2.05) is 19.9 Å². The van der Waals surface area contributed by atoms with Crippen LogP contribution in [0.4, 0.5) is 0 Å². The molecule has 11 heavy (non-hydrogen) atoms. The molecule has 0 unspecified atom stereocenters. The Morgan fingerprint density at radius 2 is 2.18 bits per heavy atom. The average molecular weight is 153 g/mol. The van der Waals surface area contributed by atoms with Gasteiger partial charge in [-0.15, -0.1) is 0 Å². The maximum absolute atomic E-state index is 10.7. The molecule has 1 radical (unpaired) electrons. The van der Waals surface area contributed by atoms with E-state index in [0.717, 1.165) is 6.42 Å². The molecule has 0 spiro atoms. The van der Waals surface area contributed by atoms with Crippen molar-refractivity contribution in [2.75, 3.05) is 0 Å². The third-order valence-corrected chi connectivity index (χ3v) is 0.902. The van der Waals surface area contributed by atoms with E-state index in [0.29, 0.717) is 0 Å². The lowest BCUT2D eigenvalue weighted by Gasteiger charge is -1.94. The molecule has 0 aromatic heterocycles. The topological polar surface area (TPSA) is 26.3 Å². The zero-order chi connectivity index (χ0) is 8.53. The summed E-state index contributed by atoms with van der Waals surface area (Å²) in [6.07, 6.45) is 7.38. The lowest BCUT2D eigenvalue weighted by atomic mass is 10.4. The highest BCUT2D eigenvalue weighted by Gasteiger charge is 1.92. The zero-order valence-electron chi connectivity index (χ0n) is 6.91. The lowest BCUT2D eigenvalue weighted by molar-refractivity contribution is -0.134. The van der Waals surface area contributed by atoms with Crippen LogP contribution in [0.25, 0.3) is 0 Å². The minimum Gasteiger partial charge on any atom is -0.455 e. The van der Waals surface area contributed by atoms with Gasteiger partial charge in [0.05, 0.1) is 0 Å². The molecule has 0 saturated carbocycles. The molecule has 0 saturated heterocycles. The fourth-order valence-electron chi connectivity index (χ4n) is 0.450. The van der Waals surface area contributed by atoms with Crippen LogP contribution in [0.1, 0.15) is 20.3 Å². The molecule has 0 N–H and O–H groups in total. The Kier molecular flexibility index (Phi) is 6.39. The fourth-order valence-corrected chi connectivity index (χ4v) is 0.450. The van der Waals surface area contributed by atoms with Gasteiger partial charge < -0.3 is 4.74 Å². The van der Waals surface area contributed by atoms with Crippen molar-refractivity contribution < 1.29 is 9.53 Å². The fraction of sp³-hybridized carbons (Fsp3) is 0.333. The van der Waals surface area contributed by atoms with Gasteiger partial charge in [-0.3, -0.25) is 0 Å². The van der Waals surface area contributed by atoms with Gasteiger partial charge in [0.2, 0.25) is 0 Å². The summed E-state index contributed by atoms with van der Waals surface area (Å²) in [5.74, 6) is -0.329. The van der Waals surface area contributed by atoms with Gasteiger partial charge >= 0.3 is 5.97 Å². The normalized spacial score (nSPS) is 11.1. The quantitative estimate of drug-likeness (QED) is 0.351. The van der Waals surface area contributed by atoms with Crippen LogP contribution in [0.3, 0.4) is 0 Å². The molecule has 0 atom stereocenters. The summed E-state index contributed by atoms with van der Waals surface area (Å²) in [5, 5.41) is 0. The monoisotopic (exact) mass is 153 g/mol. The Morgan fingerprint density at radius 3 is 2.73 bits per heavy atom. The number of hydrogen-bond donors (Lipinski definition) is 0. The van der Waals surface area contributed by atoms with Crippen molar-refractivity contribution in [2.45, 2.75) is 20.3 Å². The summed E-state index contributed by atoms with van der Waals surface area (Å²) in [7, 11) is 0. The summed E-state index contributed by atoms with van der Waals surface area (Å²) < 4.78 is 4.65. The van der Waals surface area contributed by atoms with Crippen LogP contribution in [-0.2, 0) is 9.53 Å². The third-order valence-electron chi connectivity index (χ3n) is 0.902. The summed E-state index contributed by atoms with van der Waals surface area (Å²) in [6, 6.07) is 0. The molecular formula is C9H13O2. The molecule has 2 nitrogen and oxygen atoms in total. The Morgan fingerprint density at radius 1 is 1.45 bits per heavy atom. The Balaban J connectivity index is 3.51. The van der Waals surface area contributed by atoms with E-state index >= 15 is 0 Å². The minimum absolute atomic E-state index is 0.329. The molecule has 0 amide bonds. The number of allylic oxidation sites excluding steroid dienone is 3. The van der Waals surface area contributed by atoms with Crippen molar-refractivity contribution >= 4 is 5.97 Å². The van der Waals surface area contributed by atoms with Gasteiger partial charge in [0.25, 0.3) is 0 Å². The van der Waals surface area contributed by atoms with Crippen molar-refractivity contribution in [3.63, 3.8) is 0 Å². The molecule has 0 heterocycles. The maximum Gasteiger partial charge on any atom is 0.331 e. The van der Waals surface area contributed by atoms with Crippen LogP contribution in [-0.4, -0.2) is 5.97 Å². The number of hydrogen-bond acceptors (Lipinski definition) is 2.